The summed E-state index contributed by atoms with van der Waals surface area (Å²) in [7, 11) is 1.80. The minimum atomic E-state index is -0.00916. The van der Waals surface area contributed by atoms with Gasteiger partial charge in [-0.2, -0.15) is 0 Å². The van der Waals surface area contributed by atoms with E-state index in [-0.39, 0.29) is 12.5 Å². The third-order valence-electron chi connectivity index (χ3n) is 3.80. The van der Waals surface area contributed by atoms with Gasteiger partial charge in [0.05, 0.1) is 6.54 Å². The summed E-state index contributed by atoms with van der Waals surface area (Å²) < 4.78 is 0. The molecular weight excluding hydrogens is 346 g/mol. The topological polar surface area (TPSA) is 69.6 Å². The molecule has 6 nitrogen and oxygen atoms in total. The van der Waals surface area contributed by atoms with Crippen molar-refractivity contribution in [1.82, 2.24) is 20.5 Å². The van der Waals surface area contributed by atoms with Crippen molar-refractivity contribution in [2.24, 2.45) is 4.99 Å². The summed E-state index contributed by atoms with van der Waals surface area (Å²) in [5.74, 6) is 0.648. The lowest BCUT2D eigenvalue weighted by Gasteiger charge is -2.16. The molecule has 0 aliphatic heterocycles. The van der Waals surface area contributed by atoms with Crippen molar-refractivity contribution >= 4 is 23.2 Å². The molecule has 0 aliphatic carbocycles. The van der Waals surface area contributed by atoms with Crippen LogP contribution in [-0.4, -0.2) is 48.4 Å². The highest BCUT2D eigenvalue weighted by atomic mass is 32.1. The van der Waals surface area contributed by atoms with Gasteiger partial charge >= 0.3 is 0 Å². The summed E-state index contributed by atoms with van der Waals surface area (Å²) in [6.45, 7) is 6.30. The van der Waals surface area contributed by atoms with Crippen LogP contribution in [0.25, 0.3) is 0 Å². The number of guanidine groups is 1. The molecule has 26 heavy (non-hydrogen) atoms. The lowest BCUT2D eigenvalue weighted by atomic mass is 10.2. The van der Waals surface area contributed by atoms with Crippen molar-refractivity contribution in [3.63, 3.8) is 0 Å². The molecule has 2 rings (SSSR count). The molecule has 0 fully saturated rings. The second kappa shape index (κ2) is 10.6. The number of hydrogen-bond donors (Lipinski definition) is 2. The van der Waals surface area contributed by atoms with Crippen molar-refractivity contribution in [2.45, 2.75) is 26.8 Å². The average Bonchev–Trinajstić information content (AvgIpc) is 3.07. The smallest absolute Gasteiger partial charge is 0.244 e. The second-order valence-corrected chi connectivity index (χ2v) is 7.32. The van der Waals surface area contributed by atoms with Crippen molar-refractivity contribution in [1.29, 1.82) is 0 Å². The lowest BCUT2D eigenvalue weighted by molar-refractivity contribution is -0.128. The zero-order chi connectivity index (χ0) is 18.8. The first-order chi connectivity index (χ1) is 12.6. The van der Waals surface area contributed by atoms with Gasteiger partial charge in [-0.1, -0.05) is 6.07 Å². The summed E-state index contributed by atoms with van der Waals surface area (Å²) in [4.78, 5) is 25.2. The van der Waals surface area contributed by atoms with E-state index in [0.29, 0.717) is 19.0 Å². The van der Waals surface area contributed by atoms with E-state index >= 15 is 0 Å². The molecule has 0 unspecified atom stereocenters. The fourth-order valence-electron chi connectivity index (χ4n) is 2.31. The molecule has 0 aliphatic rings. The Labute approximate surface area is 159 Å². The quantitative estimate of drug-likeness (QED) is 0.550. The Balaban J connectivity index is 1.81. The van der Waals surface area contributed by atoms with Crippen LogP contribution in [0.5, 0.6) is 0 Å². The molecule has 0 radical (unpaired) electrons. The van der Waals surface area contributed by atoms with Crippen molar-refractivity contribution in [3.05, 3.63) is 52.0 Å². The number of pyridine rings is 1. The van der Waals surface area contributed by atoms with E-state index < -0.39 is 0 Å². The first kappa shape index (κ1) is 19.9. The fraction of sp³-hybridized carbons (Fsp3) is 0.421. The van der Waals surface area contributed by atoms with Crippen LogP contribution in [0.2, 0.25) is 0 Å². The Morgan fingerprint density at radius 3 is 2.77 bits per heavy atom. The highest BCUT2D eigenvalue weighted by molar-refractivity contribution is 7.11. The Hall–Kier alpha value is -2.41. The molecule has 1 amide bonds. The number of aliphatic imine (C=N–C) groups is 1. The van der Waals surface area contributed by atoms with E-state index in [4.69, 9.17) is 0 Å². The Morgan fingerprint density at radius 1 is 1.27 bits per heavy atom. The molecule has 0 saturated carbocycles. The molecule has 0 spiro atoms. The number of aryl methyl sites for hydroxylation is 1. The molecule has 140 valence electrons. The zero-order valence-corrected chi connectivity index (χ0v) is 16.5. The monoisotopic (exact) mass is 373 g/mol. The van der Waals surface area contributed by atoms with Crippen molar-refractivity contribution in [2.75, 3.05) is 26.7 Å². The van der Waals surface area contributed by atoms with Crippen molar-refractivity contribution in [3.8, 4) is 0 Å². The van der Waals surface area contributed by atoms with Crippen LogP contribution in [0, 0.1) is 6.92 Å². The first-order valence-corrected chi connectivity index (χ1v) is 9.61. The van der Waals surface area contributed by atoms with Crippen LogP contribution in [0.4, 0.5) is 0 Å². The second-order valence-electron chi connectivity index (χ2n) is 5.95. The highest BCUT2D eigenvalue weighted by Crippen LogP contribution is 2.14. The minimum Gasteiger partial charge on any atom is -0.357 e. The van der Waals surface area contributed by atoms with Crippen LogP contribution >= 0.6 is 11.3 Å². The number of amides is 1. The van der Waals surface area contributed by atoms with Gasteiger partial charge in [-0.15, -0.1) is 11.3 Å². The molecule has 0 atom stereocenters. The third kappa shape index (κ3) is 6.84. The summed E-state index contributed by atoms with van der Waals surface area (Å²) in [6, 6.07) is 10.0. The molecule has 2 aromatic heterocycles. The lowest BCUT2D eigenvalue weighted by Crippen LogP contribution is -2.38. The molecule has 2 aromatic rings. The molecule has 7 heteroatoms. The van der Waals surface area contributed by atoms with Gasteiger partial charge in [0, 0.05) is 48.2 Å². The largest absolute Gasteiger partial charge is 0.357 e. The summed E-state index contributed by atoms with van der Waals surface area (Å²) in [5.41, 5.74) is 0.983. The maximum atomic E-state index is 12.3. The molecule has 2 heterocycles. The number of hydrogen-bond acceptors (Lipinski definition) is 4. The predicted molar refractivity (Wildman–Crippen MR) is 107 cm³/mol. The molecule has 0 bridgehead atoms. The van der Waals surface area contributed by atoms with E-state index in [1.54, 1.807) is 29.5 Å². The standard InChI is InChI=1S/C19H27N5OS/c1-4-20-19(22-13-17-9-8-15(2)26-17)23-14-18(25)24(3)12-10-16-7-5-6-11-21-16/h5-9,11H,4,10,12-14H2,1-3H3,(H2,20,22,23). The molecule has 0 saturated heterocycles. The van der Waals surface area contributed by atoms with E-state index in [9.17, 15) is 4.79 Å². The van der Waals surface area contributed by atoms with Crippen LogP contribution in [0.1, 0.15) is 22.4 Å². The van der Waals surface area contributed by atoms with Gasteiger partial charge in [0.1, 0.15) is 6.54 Å². The maximum Gasteiger partial charge on any atom is 0.244 e. The fourth-order valence-corrected chi connectivity index (χ4v) is 3.14. The van der Waals surface area contributed by atoms with E-state index in [1.165, 1.54) is 9.75 Å². The van der Waals surface area contributed by atoms with E-state index in [0.717, 1.165) is 18.7 Å². The summed E-state index contributed by atoms with van der Waals surface area (Å²) >= 11 is 1.76. The van der Waals surface area contributed by atoms with Gasteiger partial charge in [-0.05, 0) is 38.1 Å². The van der Waals surface area contributed by atoms with Gasteiger partial charge in [-0.25, -0.2) is 4.99 Å². The van der Waals surface area contributed by atoms with Crippen LogP contribution in [0.3, 0.4) is 0 Å². The number of carbonyl (C=O) groups excluding carboxylic acids is 1. The molecule has 0 aromatic carbocycles. The normalized spacial score (nSPS) is 11.3. The minimum absolute atomic E-state index is 0.00916. The summed E-state index contributed by atoms with van der Waals surface area (Å²) in [5, 5.41) is 6.45. The van der Waals surface area contributed by atoms with Gasteiger partial charge in [0.2, 0.25) is 5.91 Å². The molecule has 2 N–H and O–H groups in total. The Morgan fingerprint density at radius 2 is 2.12 bits per heavy atom. The van der Waals surface area contributed by atoms with Gasteiger partial charge in [0.25, 0.3) is 0 Å². The predicted octanol–water partition coefficient (Wildman–Crippen LogP) is 2.21. The number of rotatable bonds is 8. The van der Waals surface area contributed by atoms with Crippen LogP contribution in [-0.2, 0) is 17.8 Å². The number of nitrogens with one attached hydrogen (secondary N) is 2. The van der Waals surface area contributed by atoms with Gasteiger partial charge in [-0.3, -0.25) is 9.78 Å². The zero-order valence-electron chi connectivity index (χ0n) is 15.7. The Bertz CT molecular complexity index is 714. The van der Waals surface area contributed by atoms with E-state index in [2.05, 4.69) is 39.7 Å². The SMILES string of the molecule is CCNC(=NCC(=O)N(C)CCc1ccccn1)NCc1ccc(C)s1. The number of carbonyl (C=O) groups is 1. The third-order valence-corrected chi connectivity index (χ3v) is 4.80. The number of likely N-dealkylation sites (N-methyl/N-ethyl adjacent to an activating group) is 1. The van der Waals surface area contributed by atoms with Crippen molar-refractivity contribution < 1.29 is 4.79 Å². The van der Waals surface area contributed by atoms with Crippen LogP contribution in [0.15, 0.2) is 41.5 Å². The Kier molecular flexibility index (Phi) is 8.08. The average molecular weight is 374 g/mol. The number of aromatic nitrogens is 1. The van der Waals surface area contributed by atoms with E-state index in [1.807, 2.05) is 25.1 Å². The number of nitrogens with zero attached hydrogens (tertiary/aromatic N) is 3. The first-order valence-electron chi connectivity index (χ1n) is 8.80. The van der Waals surface area contributed by atoms with Gasteiger partial charge < -0.3 is 15.5 Å². The highest BCUT2D eigenvalue weighted by Gasteiger charge is 2.09. The number of thiophene rings is 1. The van der Waals surface area contributed by atoms with Crippen LogP contribution < -0.4 is 10.6 Å². The maximum absolute atomic E-state index is 12.3. The van der Waals surface area contributed by atoms with Gasteiger partial charge in [0.15, 0.2) is 5.96 Å². The molecular formula is C19H27N5OS. The summed E-state index contributed by atoms with van der Waals surface area (Å²) in [6.07, 6.45) is 2.51.